The van der Waals surface area contributed by atoms with Gasteiger partial charge in [0, 0.05) is 19.2 Å². The van der Waals surface area contributed by atoms with E-state index in [1.54, 1.807) is 6.26 Å². The molecule has 0 N–H and O–H groups in total. The van der Waals surface area contributed by atoms with E-state index < -0.39 is 0 Å². The molecule has 2 atom stereocenters. The monoisotopic (exact) mass is 337 g/mol. The summed E-state index contributed by atoms with van der Waals surface area (Å²) in [6, 6.07) is 9.64. The van der Waals surface area contributed by atoms with E-state index in [-0.39, 0.29) is 11.9 Å². The van der Waals surface area contributed by atoms with E-state index in [2.05, 4.69) is 11.9 Å². The van der Waals surface area contributed by atoms with E-state index in [0.717, 1.165) is 42.0 Å². The van der Waals surface area contributed by atoms with Crippen molar-refractivity contribution in [3.8, 4) is 0 Å². The number of carbonyl (C=O) groups excluding carboxylic acids is 1. The highest BCUT2D eigenvalue weighted by Gasteiger charge is 2.33. The molecule has 1 aliphatic heterocycles. The van der Waals surface area contributed by atoms with E-state index in [9.17, 15) is 4.79 Å². The summed E-state index contributed by atoms with van der Waals surface area (Å²) >= 11 is 0. The molecule has 0 aliphatic carbocycles. The number of likely N-dealkylation sites (tertiary alicyclic amines) is 1. The zero-order valence-corrected chi connectivity index (χ0v) is 14.9. The quantitative estimate of drug-likeness (QED) is 0.708. The molecule has 0 bridgehead atoms. The lowest BCUT2D eigenvalue weighted by Crippen LogP contribution is -2.40. The molecule has 3 heterocycles. The maximum Gasteiger partial charge on any atom is 0.254 e. The SMILES string of the molecule is Cc1nc2ccc(C(=O)N3CCC(C)CC3c3ccco3)cc2n1C. The van der Waals surface area contributed by atoms with Crippen molar-refractivity contribution >= 4 is 16.9 Å². The summed E-state index contributed by atoms with van der Waals surface area (Å²) in [5.74, 6) is 2.47. The molecule has 2 aromatic heterocycles. The van der Waals surface area contributed by atoms with Crippen LogP contribution in [0.25, 0.3) is 11.0 Å². The Labute approximate surface area is 147 Å². The van der Waals surface area contributed by atoms with Gasteiger partial charge in [0.25, 0.3) is 5.91 Å². The number of aryl methyl sites for hydroxylation is 2. The molecule has 1 amide bonds. The van der Waals surface area contributed by atoms with Gasteiger partial charge in [-0.05, 0) is 56.0 Å². The summed E-state index contributed by atoms with van der Waals surface area (Å²) in [5, 5.41) is 0. The first-order valence-corrected chi connectivity index (χ1v) is 8.82. The fourth-order valence-electron chi connectivity index (χ4n) is 3.74. The van der Waals surface area contributed by atoms with Crippen molar-refractivity contribution in [3.63, 3.8) is 0 Å². The lowest BCUT2D eigenvalue weighted by molar-refractivity contribution is 0.0521. The first-order valence-electron chi connectivity index (χ1n) is 8.82. The number of aromatic nitrogens is 2. The zero-order valence-electron chi connectivity index (χ0n) is 14.9. The van der Waals surface area contributed by atoms with Crippen molar-refractivity contribution in [2.45, 2.75) is 32.7 Å². The third-order valence-electron chi connectivity index (χ3n) is 5.35. The van der Waals surface area contributed by atoms with Crippen LogP contribution in [-0.4, -0.2) is 26.9 Å². The van der Waals surface area contributed by atoms with E-state index in [1.807, 2.05) is 53.8 Å². The molecule has 0 saturated carbocycles. The van der Waals surface area contributed by atoms with Crippen molar-refractivity contribution in [1.29, 1.82) is 0 Å². The summed E-state index contributed by atoms with van der Waals surface area (Å²) in [4.78, 5) is 19.7. The molecule has 130 valence electrons. The Morgan fingerprint density at radius 3 is 2.92 bits per heavy atom. The van der Waals surface area contributed by atoms with Crippen LogP contribution in [0.4, 0.5) is 0 Å². The topological polar surface area (TPSA) is 51.3 Å². The highest BCUT2D eigenvalue weighted by Crippen LogP contribution is 2.35. The van der Waals surface area contributed by atoms with Crippen LogP contribution >= 0.6 is 0 Å². The van der Waals surface area contributed by atoms with Crippen molar-refractivity contribution < 1.29 is 9.21 Å². The molecule has 2 unspecified atom stereocenters. The van der Waals surface area contributed by atoms with Crippen molar-refractivity contribution in [3.05, 3.63) is 53.7 Å². The molecule has 1 saturated heterocycles. The number of piperidine rings is 1. The minimum absolute atomic E-state index is 0.00946. The molecule has 5 nitrogen and oxygen atoms in total. The van der Waals surface area contributed by atoms with Crippen LogP contribution < -0.4 is 0 Å². The second kappa shape index (κ2) is 6.06. The molecule has 1 aliphatic rings. The van der Waals surface area contributed by atoms with E-state index in [1.165, 1.54) is 0 Å². The van der Waals surface area contributed by atoms with Crippen LogP contribution in [0, 0.1) is 12.8 Å². The first-order chi connectivity index (χ1) is 12.0. The Bertz CT molecular complexity index is 911. The van der Waals surface area contributed by atoms with Gasteiger partial charge in [-0.15, -0.1) is 0 Å². The van der Waals surface area contributed by atoms with Gasteiger partial charge in [0.15, 0.2) is 0 Å². The smallest absolute Gasteiger partial charge is 0.254 e. The van der Waals surface area contributed by atoms with E-state index in [4.69, 9.17) is 4.42 Å². The number of nitrogens with zero attached hydrogens (tertiary/aromatic N) is 3. The summed E-state index contributed by atoms with van der Waals surface area (Å²) in [7, 11) is 1.98. The average Bonchev–Trinajstić information content (AvgIpc) is 3.23. The number of carbonyl (C=O) groups is 1. The highest BCUT2D eigenvalue weighted by molar-refractivity contribution is 5.97. The molecule has 1 aromatic carbocycles. The second-order valence-corrected chi connectivity index (χ2v) is 7.08. The number of rotatable bonds is 2. The molecule has 0 spiro atoms. The van der Waals surface area contributed by atoms with Crippen LogP contribution in [0.2, 0.25) is 0 Å². The summed E-state index contributed by atoms with van der Waals surface area (Å²) in [6.45, 7) is 4.97. The van der Waals surface area contributed by atoms with Gasteiger partial charge in [-0.1, -0.05) is 6.92 Å². The van der Waals surface area contributed by atoms with Crippen LogP contribution in [0.1, 0.15) is 47.7 Å². The summed E-state index contributed by atoms with van der Waals surface area (Å²) in [5.41, 5.74) is 2.62. The Morgan fingerprint density at radius 1 is 1.32 bits per heavy atom. The molecule has 25 heavy (non-hydrogen) atoms. The lowest BCUT2D eigenvalue weighted by Gasteiger charge is -2.37. The predicted molar refractivity (Wildman–Crippen MR) is 96.3 cm³/mol. The van der Waals surface area contributed by atoms with Gasteiger partial charge in [-0.2, -0.15) is 0 Å². The van der Waals surface area contributed by atoms with Gasteiger partial charge in [0.2, 0.25) is 0 Å². The lowest BCUT2D eigenvalue weighted by atomic mass is 9.90. The van der Waals surface area contributed by atoms with Crippen LogP contribution in [0.3, 0.4) is 0 Å². The largest absolute Gasteiger partial charge is 0.467 e. The maximum atomic E-state index is 13.2. The van der Waals surface area contributed by atoms with Crippen LogP contribution in [0.15, 0.2) is 41.0 Å². The summed E-state index contributed by atoms with van der Waals surface area (Å²) in [6.07, 6.45) is 3.64. The standard InChI is InChI=1S/C20H23N3O2/c1-13-8-9-23(18(11-13)19-5-4-10-25-19)20(24)15-6-7-16-17(12-15)22(3)14(2)21-16/h4-7,10,12-13,18H,8-9,11H2,1-3H3. The van der Waals surface area contributed by atoms with Crippen LogP contribution in [-0.2, 0) is 7.05 Å². The fourth-order valence-corrected chi connectivity index (χ4v) is 3.74. The number of fused-ring (bicyclic) bond motifs is 1. The number of benzene rings is 1. The van der Waals surface area contributed by atoms with Crippen LogP contribution in [0.5, 0.6) is 0 Å². The van der Waals surface area contributed by atoms with Gasteiger partial charge < -0.3 is 13.9 Å². The molecule has 4 rings (SSSR count). The zero-order chi connectivity index (χ0) is 17.6. The van der Waals surface area contributed by atoms with Crippen molar-refractivity contribution in [2.24, 2.45) is 13.0 Å². The Hall–Kier alpha value is -2.56. The third-order valence-corrected chi connectivity index (χ3v) is 5.35. The average molecular weight is 337 g/mol. The minimum Gasteiger partial charge on any atom is -0.467 e. The molecular formula is C20H23N3O2. The maximum absolute atomic E-state index is 13.2. The highest BCUT2D eigenvalue weighted by atomic mass is 16.3. The summed E-state index contributed by atoms with van der Waals surface area (Å²) < 4.78 is 7.64. The molecule has 5 heteroatoms. The molecule has 1 fully saturated rings. The van der Waals surface area contributed by atoms with Gasteiger partial charge in [0.05, 0.1) is 23.3 Å². The number of imidazole rings is 1. The van der Waals surface area contributed by atoms with E-state index >= 15 is 0 Å². The van der Waals surface area contributed by atoms with Crippen molar-refractivity contribution in [2.75, 3.05) is 6.54 Å². The molecule has 3 aromatic rings. The van der Waals surface area contributed by atoms with Gasteiger partial charge >= 0.3 is 0 Å². The first kappa shape index (κ1) is 15.9. The van der Waals surface area contributed by atoms with Gasteiger partial charge in [0.1, 0.15) is 11.6 Å². The predicted octanol–water partition coefficient (Wildman–Crippen LogP) is 4.09. The van der Waals surface area contributed by atoms with Gasteiger partial charge in [-0.3, -0.25) is 4.79 Å². The number of amides is 1. The molecule has 0 radical (unpaired) electrons. The fraction of sp³-hybridized carbons (Fsp3) is 0.400. The molecular weight excluding hydrogens is 314 g/mol. The second-order valence-electron chi connectivity index (χ2n) is 7.08. The van der Waals surface area contributed by atoms with Gasteiger partial charge in [-0.25, -0.2) is 4.98 Å². The normalized spacial score (nSPS) is 21.0. The minimum atomic E-state index is 0.00946. The van der Waals surface area contributed by atoms with E-state index in [0.29, 0.717) is 11.5 Å². The third kappa shape index (κ3) is 2.73. The Morgan fingerprint density at radius 2 is 2.16 bits per heavy atom. The van der Waals surface area contributed by atoms with Crippen molar-refractivity contribution in [1.82, 2.24) is 14.5 Å². The number of hydrogen-bond acceptors (Lipinski definition) is 3. The Kier molecular flexibility index (Phi) is 3.86. The Balaban J connectivity index is 1.70. The number of hydrogen-bond donors (Lipinski definition) is 0. The number of furan rings is 1.